The van der Waals surface area contributed by atoms with Gasteiger partial charge in [0.05, 0.1) is 35.7 Å². The van der Waals surface area contributed by atoms with Crippen molar-refractivity contribution in [3.8, 4) is 0 Å². The summed E-state index contributed by atoms with van der Waals surface area (Å²) < 4.78 is 34.8. The first-order valence-electron chi connectivity index (χ1n) is 10.2. The molecule has 4 rings (SSSR count). The van der Waals surface area contributed by atoms with Crippen molar-refractivity contribution < 1.29 is 13.2 Å². The molecule has 0 aliphatic carbocycles. The highest BCUT2D eigenvalue weighted by molar-refractivity contribution is 7.89. The Bertz CT molecular complexity index is 1110. The zero-order valence-electron chi connectivity index (χ0n) is 17.3. The third kappa shape index (κ3) is 4.11. The molecule has 9 heteroatoms. The third-order valence-corrected chi connectivity index (χ3v) is 7.37. The number of hydrogen-bond acceptors (Lipinski definition) is 6. The molecule has 30 heavy (non-hydrogen) atoms. The van der Waals surface area contributed by atoms with Crippen LogP contribution in [0.5, 0.6) is 0 Å². The lowest BCUT2D eigenvalue weighted by Crippen LogP contribution is -2.40. The van der Waals surface area contributed by atoms with Crippen molar-refractivity contribution in [2.75, 3.05) is 26.3 Å². The van der Waals surface area contributed by atoms with Crippen LogP contribution in [0.3, 0.4) is 0 Å². The summed E-state index contributed by atoms with van der Waals surface area (Å²) in [4.78, 5) is 9.20. The zero-order chi connectivity index (χ0) is 21.1. The fourth-order valence-electron chi connectivity index (χ4n) is 3.74. The van der Waals surface area contributed by atoms with E-state index in [0.717, 1.165) is 23.4 Å². The minimum atomic E-state index is -3.54. The first kappa shape index (κ1) is 20.9. The number of aryl methyl sites for hydroxylation is 1. The standard InChI is InChI=1S/C21H27N5O3S/c1-3-26-20-7-6-18(30(27,28)25-9-11-29-12-10-25)13-19(20)24-21(26)15-23-16(2)17-5-4-8-22-14-17/h4-8,13-14,16,23H,3,9-12,15H2,1-2H3. The molecule has 3 heterocycles. The molecular formula is C21H27N5O3S. The van der Waals surface area contributed by atoms with E-state index < -0.39 is 10.0 Å². The molecule has 0 bridgehead atoms. The Morgan fingerprint density at radius 3 is 2.73 bits per heavy atom. The number of nitrogens with zero attached hydrogens (tertiary/aromatic N) is 4. The van der Waals surface area contributed by atoms with Crippen LogP contribution in [-0.4, -0.2) is 53.6 Å². The predicted molar refractivity (Wildman–Crippen MR) is 114 cm³/mol. The Morgan fingerprint density at radius 1 is 1.23 bits per heavy atom. The number of pyridine rings is 1. The second-order valence-corrected chi connectivity index (χ2v) is 9.27. The first-order valence-corrected chi connectivity index (χ1v) is 11.6. The van der Waals surface area contributed by atoms with Gasteiger partial charge < -0.3 is 14.6 Å². The molecule has 0 radical (unpaired) electrons. The quantitative estimate of drug-likeness (QED) is 0.620. The largest absolute Gasteiger partial charge is 0.379 e. The number of rotatable bonds is 7. The van der Waals surface area contributed by atoms with Crippen LogP contribution in [0.1, 0.15) is 31.3 Å². The summed E-state index contributed by atoms with van der Waals surface area (Å²) >= 11 is 0. The van der Waals surface area contributed by atoms with Crippen molar-refractivity contribution in [3.05, 3.63) is 54.1 Å². The maximum absolute atomic E-state index is 13.0. The van der Waals surface area contributed by atoms with E-state index in [0.29, 0.717) is 38.4 Å². The number of morpholine rings is 1. The van der Waals surface area contributed by atoms with Gasteiger partial charge >= 0.3 is 0 Å². The number of imidazole rings is 1. The minimum absolute atomic E-state index is 0.126. The second kappa shape index (κ2) is 8.81. The number of fused-ring (bicyclic) bond motifs is 1. The number of ether oxygens (including phenoxy) is 1. The topological polar surface area (TPSA) is 89.3 Å². The number of hydrogen-bond donors (Lipinski definition) is 1. The fraction of sp³-hybridized carbons (Fsp3) is 0.429. The maximum Gasteiger partial charge on any atom is 0.243 e. The van der Waals surface area contributed by atoms with E-state index in [9.17, 15) is 8.42 Å². The summed E-state index contributed by atoms with van der Waals surface area (Å²) in [5, 5.41) is 3.48. The number of sulfonamides is 1. The molecule has 1 aliphatic rings. The van der Waals surface area contributed by atoms with Gasteiger partial charge in [0.1, 0.15) is 5.82 Å². The fourth-order valence-corrected chi connectivity index (χ4v) is 5.17. The Balaban J connectivity index is 1.59. The van der Waals surface area contributed by atoms with Crippen molar-refractivity contribution >= 4 is 21.1 Å². The summed E-state index contributed by atoms with van der Waals surface area (Å²) in [6, 6.07) is 9.30. The Labute approximate surface area is 176 Å². The Kier molecular flexibility index (Phi) is 6.14. The summed E-state index contributed by atoms with van der Waals surface area (Å²) in [5.41, 5.74) is 2.73. The highest BCUT2D eigenvalue weighted by atomic mass is 32.2. The van der Waals surface area contributed by atoms with Crippen LogP contribution in [0.15, 0.2) is 47.6 Å². The smallest absolute Gasteiger partial charge is 0.243 e. The third-order valence-electron chi connectivity index (χ3n) is 5.47. The van der Waals surface area contributed by atoms with Crippen LogP contribution in [0.25, 0.3) is 11.0 Å². The monoisotopic (exact) mass is 429 g/mol. The molecular weight excluding hydrogens is 402 g/mol. The minimum Gasteiger partial charge on any atom is -0.379 e. The summed E-state index contributed by atoms with van der Waals surface area (Å²) in [6.07, 6.45) is 3.61. The summed E-state index contributed by atoms with van der Waals surface area (Å²) in [5.74, 6) is 0.879. The van der Waals surface area contributed by atoms with Gasteiger partial charge in [-0.15, -0.1) is 0 Å². The van der Waals surface area contributed by atoms with Crippen molar-refractivity contribution in [2.45, 2.75) is 37.9 Å². The van der Waals surface area contributed by atoms with Gasteiger partial charge in [-0.25, -0.2) is 13.4 Å². The van der Waals surface area contributed by atoms with E-state index in [-0.39, 0.29) is 10.9 Å². The van der Waals surface area contributed by atoms with Crippen molar-refractivity contribution in [2.24, 2.45) is 0 Å². The summed E-state index contributed by atoms with van der Waals surface area (Å²) in [6.45, 7) is 7.09. The van der Waals surface area contributed by atoms with Crippen LogP contribution >= 0.6 is 0 Å². The van der Waals surface area contributed by atoms with E-state index >= 15 is 0 Å². The molecule has 3 aromatic rings. The average molecular weight is 430 g/mol. The van der Waals surface area contributed by atoms with Gasteiger partial charge in [0, 0.05) is 38.1 Å². The SMILES string of the molecule is CCn1c(CNC(C)c2cccnc2)nc2cc(S(=O)(=O)N3CCOCC3)ccc21. The maximum atomic E-state index is 13.0. The highest BCUT2D eigenvalue weighted by Crippen LogP contribution is 2.24. The molecule has 160 valence electrons. The van der Waals surface area contributed by atoms with Crippen LogP contribution in [0.4, 0.5) is 0 Å². The molecule has 0 saturated carbocycles. The molecule has 1 atom stereocenters. The van der Waals surface area contributed by atoms with E-state index in [2.05, 4.69) is 28.7 Å². The lowest BCUT2D eigenvalue weighted by atomic mass is 10.1. The molecule has 0 amide bonds. The van der Waals surface area contributed by atoms with E-state index in [1.165, 1.54) is 4.31 Å². The van der Waals surface area contributed by atoms with Crippen molar-refractivity contribution in [1.29, 1.82) is 0 Å². The van der Waals surface area contributed by atoms with Gasteiger partial charge in [-0.3, -0.25) is 4.98 Å². The van der Waals surface area contributed by atoms with Crippen LogP contribution < -0.4 is 5.32 Å². The van der Waals surface area contributed by atoms with Gasteiger partial charge in [0.15, 0.2) is 0 Å². The molecule has 8 nitrogen and oxygen atoms in total. The van der Waals surface area contributed by atoms with Gasteiger partial charge in [0.25, 0.3) is 0 Å². The Hall–Kier alpha value is -2.33. The molecule has 2 aromatic heterocycles. The zero-order valence-corrected chi connectivity index (χ0v) is 18.1. The summed E-state index contributed by atoms with van der Waals surface area (Å²) in [7, 11) is -3.54. The van der Waals surface area contributed by atoms with Gasteiger partial charge in [-0.1, -0.05) is 6.07 Å². The lowest BCUT2D eigenvalue weighted by molar-refractivity contribution is 0.0730. The molecule has 1 fully saturated rings. The predicted octanol–water partition coefficient (Wildman–Crippen LogP) is 2.32. The van der Waals surface area contributed by atoms with Gasteiger partial charge in [-0.2, -0.15) is 4.31 Å². The number of nitrogens with one attached hydrogen (secondary N) is 1. The lowest BCUT2D eigenvalue weighted by Gasteiger charge is -2.26. The van der Waals surface area contributed by atoms with Crippen LogP contribution in [0, 0.1) is 0 Å². The number of aromatic nitrogens is 3. The molecule has 1 unspecified atom stereocenters. The molecule has 0 spiro atoms. The second-order valence-electron chi connectivity index (χ2n) is 7.33. The van der Waals surface area contributed by atoms with Crippen molar-refractivity contribution in [1.82, 2.24) is 24.2 Å². The van der Waals surface area contributed by atoms with E-state index in [4.69, 9.17) is 9.72 Å². The van der Waals surface area contributed by atoms with Gasteiger partial charge in [0.2, 0.25) is 10.0 Å². The molecule has 1 aromatic carbocycles. The normalized spacial score (nSPS) is 16.7. The van der Waals surface area contributed by atoms with Crippen LogP contribution in [0.2, 0.25) is 0 Å². The highest BCUT2D eigenvalue weighted by Gasteiger charge is 2.27. The first-order chi connectivity index (χ1) is 14.5. The molecule has 1 aliphatic heterocycles. The van der Waals surface area contributed by atoms with Gasteiger partial charge in [-0.05, 0) is 43.7 Å². The average Bonchev–Trinajstić information content (AvgIpc) is 3.15. The molecule has 1 saturated heterocycles. The van der Waals surface area contributed by atoms with Crippen LogP contribution in [-0.2, 0) is 27.8 Å². The van der Waals surface area contributed by atoms with E-state index in [1.807, 2.05) is 24.4 Å². The Morgan fingerprint density at radius 2 is 2.03 bits per heavy atom. The van der Waals surface area contributed by atoms with E-state index in [1.54, 1.807) is 18.3 Å². The molecule has 1 N–H and O–H groups in total. The number of benzene rings is 1. The van der Waals surface area contributed by atoms with Crippen molar-refractivity contribution in [3.63, 3.8) is 0 Å².